The molecule has 0 saturated heterocycles. The topological polar surface area (TPSA) is 87.0 Å². The lowest BCUT2D eigenvalue weighted by atomic mass is 10.2. The van der Waals surface area contributed by atoms with Crippen LogP contribution in [0.1, 0.15) is 0 Å². The molecule has 0 bridgehead atoms. The number of rotatable bonds is 4. The summed E-state index contributed by atoms with van der Waals surface area (Å²) in [7, 11) is 0. The Bertz CT molecular complexity index is 988. The van der Waals surface area contributed by atoms with Crippen LogP contribution in [0, 0.1) is 5.82 Å². The first-order valence-corrected chi connectivity index (χ1v) is 7.72. The number of amides is 1. The number of H-pyrrole nitrogens is 1. The molecule has 2 aromatic carbocycles. The predicted octanol–water partition coefficient (Wildman–Crippen LogP) is 5.01. The first kappa shape index (κ1) is 17.2. The quantitative estimate of drug-likeness (QED) is 0.622. The monoisotopic (exact) mass is 381 g/mol. The number of fused-ring (bicyclic) bond motifs is 1. The van der Waals surface area contributed by atoms with Gasteiger partial charge in [0.1, 0.15) is 11.6 Å². The van der Waals surface area contributed by atoms with E-state index < -0.39 is 18.3 Å². The molecule has 0 aliphatic heterocycles. The number of halogens is 3. The van der Waals surface area contributed by atoms with E-state index in [1.54, 1.807) is 6.07 Å². The molecule has 6 nitrogen and oxygen atoms in total. The van der Waals surface area contributed by atoms with Crippen LogP contribution in [0.2, 0.25) is 10.0 Å². The Balaban J connectivity index is 1.72. The summed E-state index contributed by atoms with van der Waals surface area (Å²) in [6, 6.07) is 8.40. The molecule has 1 aromatic heterocycles. The molecule has 0 unspecified atom stereocenters. The van der Waals surface area contributed by atoms with Gasteiger partial charge in [0.15, 0.2) is 12.3 Å². The van der Waals surface area contributed by atoms with E-state index in [0.717, 1.165) is 0 Å². The van der Waals surface area contributed by atoms with Crippen LogP contribution in [-0.4, -0.2) is 22.6 Å². The Morgan fingerprint density at radius 2 is 2.04 bits per heavy atom. The molecule has 0 fully saturated rings. The third-order valence-electron chi connectivity index (χ3n) is 3.22. The summed E-state index contributed by atoms with van der Waals surface area (Å²) >= 11 is 11.7. The van der Waals surface area contributed by atoms with E-state index in [9.17, 15) is 14.3 Å². The van der Waals surface area contributed by atoms with Gasteiger partial charge in [-0.3, -0.25) is 4.79 Å². The van der Waals surface area contributed by atoms with Gasteiger partial charge in [-0.15, -0.1) is 10.2 Å². The maximum Gasteiger partial charge on any atom is 0.302 e. The summed E-state index contributed by atoms with van der Waals surface area (Å²) in [6.07, 6.45) is 0. The SMILES string of the molecule is O=C(COc1ccc(Cl)cc1Cl)N=Nc1c(O)[nH]c2ccc(F)cc12. The lowest BCUT2D eigenvalue weighted by molar-refractivity contribution is -0.120. The number of nitrogens with zero attached hydrogens (tertiary/aromatic N) is 2. The van der Waals surface area contributed by atoms with E-state index in [1.807, 2.05) is 0 Å². The van der Waals surface area contributed by atoms with Gasteiger partial charge in [-0.25, -0.2) is 4.39 Å². The maximum absolute atomic E-state index is 13.3. The van der Waals surface area contributed by atoms with Crippen molar-refractivity contribution in [3.05, 3.63) is 52.3 Å². The van der Waals surface area contributed by atoms with Crippen molar-refractivity contribution in [3.63, 3.8) is 0 Å². The molecule has 0 atom stereocenters. The minimum Gasteiger partial charge on any atom is -0.493 e. The first-order valence-electron chi connectivity index (χ1n) is 6.96. The van der Waals surface area contributed by atoms with E-state index in [2.05, 4.69) is 15.2 Å². The lowest BCUT2D eigenvalue weighted by Gasteiger charge is -2.05. The Kier molecular flexibility index (Phi) is 4.87. The Hall–Kier alpha value is -2.64. The van der Waals surface area contributed by atoms with Gasteiger partial charge in [0.05, 0.1) is 10.5 Å². The smallest absolute Gasteiger partial charge is 0.302 e. The summed E-state index contributed by atoms with van der Waals surface area (Å²) < 4.78 is 18.6. The average molecular weight is 382 g/mol. The highest BCUT2D eigenvalue weighted by Crippen LogP contribution is 2.35. The number of aromatic hydroxyl groups is 1. The highest BCUT2D eigenvalue weighted by molar-refractivity contribution is 6.35. The van der Waals surface area contributed by atoms with Crippen molar-refractivity contribution in [2.45, 2.75) is 0 Å². The van der Waals surface area contributed by atoms with Gasteiger partial charge < -0.3 is 14.8 Å². The molecule has 0 radical (unpaired) electrons. The van der Waals surface area contributed by atoms with Gasteiger partial charge >= 0.3 is 5.91 Å². The summed E-state index contributed by atoms with van der Waals surface area (Å²) in [5.41, 5.74) is 0.428. The van der Waals surface area contributed by atoms with Crippen molar-refractivity contribution < 1.29 is 19.0 Å². The molecule has 25 heavy (non-hydrogen) atoms. The molecule has 0 spiro atoms. The number of azo groups is 1. The fourth-order valence-corrected chi connectivity index (χ4v) is 2.57. The number of hydrogen-bond acceptors (Lipinski definition) is 4. The van der Waals surface area contributed by atoms with Gasteiger partial charge in [-0.05, 0) is 36.4 Å². The number of aromatic amines is 1. The zero-order chi connectivity index (χ0) is 18.0. The second-order valence-corrected chi connectivity index (χ2v) is 5.81. The fourth-order valence-electron chi connectivity index (χ4n) is 2.10. The van der Waals surface area contributed by atoms with Crippen molar-refractivity contribution in [1.82, 2.24) is 4.98 Å². The van der Waals surface area contributed by atoms with Crippen LogP contribution < -0.4 is 4.74 Å². The third-order valence-corrected chi connectivity index (χ3v) is 3.75. The molecule has 9 heteroatoms. The normalized spacial score (nSPS) is 11.3. The van der Waals surface area contributed by atoms with E-state index in [-0.39, 0.29) is 22.3 Å². The summed E-state index contributed by atoms with van der Waals surface area (Å²) in [5.74, 6) is -1.27. The minimum atomic E-state index is -0.712. The molecular formula is C16H10Cl2FN3O3. The van der Waals surface area contributed by atoms with E-state index >= 15 is 0 Å². The second-order valence-electron chi connectivity index (χ2n) is 4.97. The second kappa shape index (κ2) is 7.08. The Morgan fingerprint density at radius 1 is 1.24 bits per heavy atom. The van der Waals surface area contributed by atoms with E-state index in [0.29, 0.717) is 15.9 Å². The number of nitrogens with one attached hydrogen (secondary N) is 1. The van der Waals surface area contributed by atoms with Crippen LogP contribution in [-0.2, 0) is 4.79 Å². The van der Waals surface area contributed by atoms with E-state index in [4.69, 9.17) is 27.9 Å². The molecule has 0 saturated carbocycles. The van der Waals surface area contributed by atoms with Gasteiger partial charge in [0.2, 0.25) is 5.88 Å². The number of carbonyl (C=O) groups is 1. The number of aromatic nitrogens is 1. The van der Waals surface area contributed by atoms with Gasteiger partial charge in [-0.1, -0.05) is 23.2 Å². The molecule has 3 aromatic rings. The van der Waals surface area contributed by atoms with Crippen molar-refractivity contribution in [3.8, 4) is 11.6 Å². The number of hydrogen-bond donors (Lipinski definition) is 2. The van der Waals surface area contributed by atoms with Gasteiger partial charge in [0, 0.05) is 10.4 Å². The van der Waals surface area contributed by atoms with E-state index in [1.165, 1.54) is 30.3 Å². The highest BCUT2D eigenvalue weighted by atomic mass is 35.5. The molecule has 2 N–H and O–H groups in total. The van der Waals surface area contributed by atoms with Crippen LogP contribution in [0.25, 0.3) is 10.9 Å². The number of carbonyl (C=O) groups excluding carboxylic acids is 1. The zero-order valence-corrected chi connectivity index (χ0v) is 14.0. The fraction of sp³-hybridized carbons (Fsp3) is 0.0625. The van der Waals surface area contributed by atoms with Crippen LogP contribution >= 0.6 is 23.2 Å². The molecule has 3 rings (SSSR count). The number of ether oxygens (including phenoxy) is 1. The molecule has 0 aliphatic carbocycles. The summed E-state index contributed by atoms with van der Waals surface area (Å²) in [5, 5.41) is 17.9. The minimum absolute atomic E-state index is 0.0348. The largest absolute Gasteiger partial charge is 0.493 e. The van der Waals surface area contributed by atoms with Crippen molar-refractivity contribution in [2.75, 3.05) is 6.61 Å². The summed E-state index contributed by atoms with van der Waals surface area (Å²) in [6.45, 7) is -0.414. The van der Waals surface area contributed by atoms with Crippen LogP contribution in [0.5, 0.6) is 11.6 Å². The lowest BCUT2D eigenvalue weighted by Crippen LogP contribution is -2.08. The van der Waals surface area contributed by atoms with Crippen molar-refractivity contribution >= 4 is 45.7 Å². The zero-order valence-electron chi connectivity index (χ0n) is 12.5. The Morgan fingerprint density at radius 3 is 2.80 bits per heavy atom. The standard InChI is InChI=1S/C16H10Cl2FN3O3/c17-8-1-4-13(11(18)5-8)25-7-14(23)21-22-15-10-6-9(19)2-3-12(10)20-16(15)24/h1-6,20,24H,7H2. The highest BCUT2D eigenvalue weighted by Gasteiger charge is 2.12. The summed E-state index contributed by atoms with van der Waals surface area (Å²) in [4.78, 5) is 14.4. The average Bonchev–Trinajstić information content (AvgIpc) is 2.87. The first-order chi connectivity index (χ1) is 11.9. The Labute approximate surface area is 150 Å². The van der Waals surface area contributed by atoms with Gasteiger partial charge in [-0.2, -0.15) is 0 Å². The third kappa shape index (κ3) is 3.89. The van der Waals surface area contributed by atoms with Crippen LogP contribution in [0.4, 0.5) is 10.1 Å². The molecule has 128 valence electrons. The van der Waals surface area contributed by atoms with Crippen LogP contribution in [0.15, 0.2) is 46.6 Å². The van der Waals surface area contributed by atoms with Crippen molar-refractivity contribution in [1.29, 1.82) is 0 Å². The molecule has 1 amide bonds. The predicted molar refractivity (Wildman–Crippen MR) is 91.4 cm³/mol. The van der Waals surface area contributed by atoms with Crippen molar-refractivity contribution in [2.24, 2.45) is 10.2 Å². The number of benzene rings is 2. The van der Waals surface area contributed by atoms with Crippen LogP contribution in [0.3, 0.4) is 0 Å². The molecule has 0 aliphatic rings. The molecule has 1 heterocycles. The molecular weight excluding hydrogens is 372 g/mol. The maximum atomic E-state index is 13.3. The van der Waals surface area contributed by atoms with Gasteiger partial charge in [0.25, 0.3) is 0 Å².